The van der Waals surface area contributed by atoms with E-state index < -0.39 is 0 Å². The first kappa shape index (κ1) is 50.2. The van der Waals surface area contributed by atoms with Gasteiger partial charge in [-0.1, -0.05) is 185 Å². The van der Waals surface area contributed by atoms with Gasteiger partial charge in [-0.05, 0) is 147 Å². The first-order chi connectivity index (χ1) is 39.5. The smallest absolute Gasteiger partial charge is 0.256 e. The molecule has 5 nitrogen and oxygen atoms in total. The fourth-order valence-electron chi connectivity index (χ4n) is 13.7. The highest BCUT2D eigenvalue weighted by atomic mass is 16.5. The molecule has 0 amide bonds. The summed E-state index contributed by atoms with van der Waals surface area (Å²) < 4.78 is 19.6. The van der Waals surface area contributed by atoms with Crippen LogP contribution in [0.25, 0.3) is 88.1 Å². The van der Waals surface area contributed by atoms with Crippen molar-refractivity contribution >= 4 is 106 Å². The number of anilines is 3. The minimum Gasteiger partial charge on any atom is -0.458 e. The highest BCUT2D eigenvalue weighted by Gasteiger charge is 2.44. The quantitative estimate of drug-likeness (QED) is 0.149. The summed E-state index contributed by atoms with van der Waals surface area (Å²) in [7, 11) is 0. The van der Waals surface area contributed by atoms with Gasteiger partial charge in [-0.15, -0.1) is 0 Å². The lowest BCUT2D eigenvalue weighted by Crippen LogP contribution is -2.59. The SMILES string of the molecule is CCCCc1c(N2c3cc(-n4c5ccccc5c5cc(C(C)(C)C)ccc54)ccc3B3c4ccc(-n5c6ccccc6c6cc(C(C)(C)C)ccc65)cc4Oc4cc(C(C)(C)C)cc2c43)c(-c2ccccc2)cc2c1oc1ccccc12. The molecule has 0 unspecified atom stereocenters. The number of fused-ring (bicyclic) bond motifs is 13. The summed E-state index contributed by atoms with van der Waals surface area (Å²) in [6.45, 7) is 23.0. The van der Waals surface area contributed by atoms with E-state index >= 15 is 0 Å². The predicted octanol–water partition coefficient (Wildman–Crippen LogP) is 19.1. The zero-order valence-electron chi connectivity index (χ0n) is 48.8. The lowest BCUT2D eigenvalue weighted by Gasteiger charge is -2.42. The van der Waals surface area contributed by atoms with Crippen LogP contribution in [0.2, 0.25) is 0 Å². The Morgan fingerprint density at radius 1 is 0.439 bits per heavy atom. The number of furan rings is 1. The standard InChI is InChI=1S/C76H68BN3O2/c1-11-12-24-55-72(56(46-22-14-13-15-23-46)45-59-54-27-18-21-30-68(54)82-73(55)59)80-66-43-50(78-62-28-19-16-25-52(62)57-39-47(74(2,3)4)31-37-64(57)78)33-35-60(66)77-61-36-34-51(44-69(61)81-70-42-49(76(8,9)10)41-67(80)71(70)77)79-63-29-20-17-26-53(63)58-40-48(75(5,6)7)32-38-65(58)79/h13-23,25-45H,11-12,24H2,1-10H3. The second kappa shape index (κ2) is 18.1. The molecule has 10 aromatic carbocycles. The zero-order chi connectivity index (χ0) is 56.1. The van der Waals surface area contributed by atoms with Crippen molar-refractivity contribution in [3.8, 4) is 34.0 Å². The zero-order valence-corrected chi connectivity index (χ0v) is 48.8. The van der Waals surface area contributed by atoms with E-state index in [-0.39, 0.29) is 23.0 Å². The van der Waals surface area contributed by atoms with Crippen LogP contribution in [0.5, 0.6) is 11.5 Å². The van der Waals surface area contributed by atoms with Crippen molar-refractivity contribution in [1.82, 2.24) is 9.13 Å². The summed E-state index contributed by atoms with van der Waals surface area (Å²) in [6, 6.07) is 73.1. The minimum absolute atomic E-state index is 0.00483. The number of aryl methyl sites for hydroxylation is 1. The molecule has 13 aromatic rings. The molecular formula is C76H68BN3O2. The largest absolute Gasteiger partial charge is 0.458 e. The van der Waals surface area contributed by atoms with Gasteiger partial charge in [-0.3, -0.25) is 0 Å². The summed E-state index contributed by atoms with van der Waals surface area (Å²) in [5.41, 5.74) is 23.0. The minimum atomic E-state index is -0.222. The summed E-state index contributed by atoms with van der Waals surface area (Å²) in [5, 5.41) is 7.29. The maximum atomic E-state index is 7.56. The van der Waals surface area contributed by atoms with Crippen LogP contribution in [0.1, 0.15) is 104 Å². The summed E-state index contributed by atoms with van der Waals surface area (Å²) >= 11 is 0. The first-order valence-corrected chi connectivity index (χ1v) is 29.6. The van der Waals surface area contributed by atoms with E-state index in [0.717, 1.165) is 92.2 Å². The molecular weight excluding hydrogens is 998 g/mol. The van der Waals surface area contributed by atoms with Gasteiger partial charge >= 0.3 is 0 Å². The Bertz CT molecular complexity index is 4780. The second-order valence-corrected chi connectivity index (χ2v) is 26.4. The van der Waals surface area contributed by atoms with Crippen molar-refractivity contribution in [2.75, 3.05) is 4.90 Å². The fraction of sp³-hybridized carbons (Fsp3) is 0.211. The Morgan fingerprint density at radius 2 is 1.00 bits per heavy atom. The van der Waals surface area contributed by atoms with E-state index in [4.69, 9.17) is 9.15 Å². The summed E-state index contributed by atoms with van der Waals surface area (Å²) in [6.07, 6.45) is 2.88. The third-order valence-electron chi connectivity index (χ3n) is 18.0. The Kier molecular flexibility index (Phi) is 11.1. The van der Waals surface area contributed by atoms with Gasteiger partial charge in [0.2, 0.25) is 0 Å². The molecule has 0 spiro atoms. The van der Waals surface area contributed by atoms with Gasteiger partial charge in [0.05, 0.1) is 27.8 Å². The van der Waals surface area contributed by atoms with Crippen molar-refractivity contribution in [2.24, 2.45) is 0 Å². The average Bonchev–Trinajstić information content (AvgIpc) is 2.22. The Balaban J connectivity index is 1.04. The average molecular weight is 1070 g/mol. The molecule has 82 heavy (non-hydrogen) atoms. The van der Waals surface area contributed by atoms with E-state index in [1.165, 1.54) is 82.4 Å². The number of ether oxygens (including phenoxy) is 1. The Hall–Kier alpha value is -8.74. The molecule has 15 rings (SSSR count). The first-order valence-electron chi connectivity index (χ1n) is 29.6. The molecule has 0 saturated heterocycles. The number of nitrogens with zero attached hydrogens (tertiary/aromatic N) is 3. The highest BCUT2D eigenvalue weighted by molar-refractivity contribution is 6.99. The monoisotopic (exact) mass is 1070 g/mol. The molecule has 2 aliphatic rings. The molecule has 0 fully saturated rings. The number of para-hydroxylation sites is 3. The molecule has 0 bridgehead atoms. The molecule has 0 atom stereocenters. The third kappa shape index (κ3) is 7.66. The van der Waals surface area contributed by atoms with Crippen LogP contribution in [0.3, 0.4) is 0 Å². The third-order valence-corrected chi connectivity index (χ3v) is 18.0. The number of hydrogen-bond donors (Lipinski definition) is 0. The van der Waals surface area contributed by atoms with Crippen LogP contribution in [0.4, 0.5) is 17.1 Å². The number of benzene rings is 10. The van der Waals surface area contributed by atoms with Gasteiger partial charge in [0.25, 0.3) is 6.71 Å². The molecule has 0 N–H and O–H groups in total. The van der Waals surface area contributed by atoms with Gasteiger partial charge in [0.1, 0.15) is 22.7 Å². The molecule has 0 aliphatic carbocycles. The van der Waals surface area contributed by atoms with Gasteiger partial charge in [0, 0.05) is 72.3 Å². The lowest BCUT2D eigenvalue weighted by molar-refractivity contribution is 0.483. The maximum Gasteiger partial charge on any atom is 0.256 e. The number of rotatable bonds is 7. The van der Waals surface area contributed by atoms with Gasteiger partial charge in [-0.25, -0.2) is 0 Å². The van der Waals surface area contributed by atoms with Crippen molar-refractivity contribution in [2.45, 2.75) is 105 Å². The second-order valence-electron chi connectivity index (χ2n) is 26.4. The number of unbranched alkanes of at least 4 members (excludes halogenated alkanes) is 1. The van der Waals surface area contributed by atoms with E-state index in [0.29, 0.717) is 0 Å². The van der Waals surface area contributed by atoms with Crippen molar-refractivity contribution in [3.63, 3.8) is 0 Å². The van der Waals surface area contributed by atoms with Crippen LogP contribution in [-0.2, 0) is 22.7 Å². The summed E-state index contributed by atoms with van der Waals surface area (Å²) in [5.74, 6) is 1.77. The molecule has 0 radical (unpaired) electrons. The van der Waals surface area contributed by atoms with E-state index in [2.05, 4.69) is 277 Å². The lowest BCUT2D eigenvalue weighted by atomic mass is 9.34. The van der Waals surface area contributed by atoms with Crippen molar-refractivity contribution in [1.29, 1.82) is 0 Å². The van der Waals surface area contributed by atoms with E-state index in [1.807, 2.05) is 0 Å². The predicted molar refractivity (Wildman–Crippen MR) is 348 cm³/mol. The van der Waals surface area contributed by atoms with E-state index in [9.17, 15) is 0 Å². The Labute approximate surface area is 481 Å². The highest BCUT2D eigenvalue weighted by Crippen LogP contribution is 2.52. The fourth-order valence-corrected chi connectivity index (χ4v) is 13.7. The molecule has 5 heterocycles. The van der Waals surface area contributed by atoms with Crippen LogP contribution in [-0.4, -0.2) is 15.8 Å². The van der Waals surface area contributed by atoms with Crippen molar-refractivity contribution in [3.05, 3.63) is 216 Å². The van der Waals surface area contributed by atoms with Gasteiger partial charge in [-0.2, -0.15) is 0 Å². The number of hydrogen-bond acceptors (Lipinski definition) is 3. The maximum absolute atomic E-state index is 7.56. The van der Waals surface area contributed by atoms with E-state index in [1.54, 1.807) is 0 Å². The van der Waals surface area contributed by atoms with Crippen LogP contribution < -0.4 is 26.0 Å². The topological polar surface area (TPSA) is 35.5 Å². The molecule has 0 saturated carbocycles. The van der Waals surface area contributed by atoms with Gasteiger partial charge in [0.15, 0.2) is 0 Å². The van der Waals surface area contributed by atoms with Crippen LogP contribution >= 0.6 is 0 Å². The van der Waals surface area contributed by atoms with Crippen molar-refractivity contribution < 1.29 is 9.15 Å². The summed E-state index contributed by atoms with van der Waals surface area (Å²) in [4.78, 5) is 2.64. The van der Waals surface area contributed by atoms with Gasteiger partial charge < -0.3 is 23.2 Å². The Morgan fingerprint density at radius 3 is 1.62 bits per heavy atom. The van der Waals surface area contributed by atoms with Crippen LogP contribution in [0, 0.1) is 0 Å². The normalized spacial score (nSPS) is 13.4. The molecule has 3 aromatic heterocycles. The van der Waals surface area contributed by atoms with Crippen LogP contribution in [0.15, 0.2) is 199 Å². The molecule has 6 heteroatoms. The number of aromatic nitrogens is 2. The molecule has 402 valence electrons. The molecule has 2 aliphatic heterocycles.